The van der Waals surface area contributed by atoms with Crippen LogP contribution in [0.2, 0.25) is 0 Å². The highest BCUT2D eigenvalue weighted by Gasteiger charge is 2.06. The van der Waals surface area contributed by atoms with E-state index in [1.165, 1.54) is 19.3 Å². The smallest absolute Gasteiger partial charge is 0.122 e. The van der Waals surface area contributed by atoms with Gasteiger partial charge in [0.1, 0.15) is 11.5 Å². The van der Waals surface area contributed by atoms with E-state index in [4.69, 9.17) is 9.47 Å². The molecule has 0 atom stereocenters. The van der Waals surface area contributed by atoms with Gasteiger partial charge in [0.25, 0.3) is 0 Å². The normalized spacial score (nSPS) is 11.4. The molecule has 0 amide bonds. The van der Waals surface area contributed by atoms with E-state index in [0.717, 1.165) is 31.1 Å². The highest BCUT2D eigenvalue weighted by atomic mass is 16.5. The van der Waals surface area contributed by atoms with Crippen LogP contribution in [-0.4, -0.2) is 25.3 Å². The molecule has 120 valence electrons. The fourth-order valence-corrected chi connectivity index (χ4v) is 2.05. The standard InChI is InChI=1S/C18H31NO2/c1-5-20-16-11-10-12-17(15-16)21-14-9-7-6-8-13-19-18(2,3)4/h10-12,15,19H,5-9,13-14H2,1-4H3. The van der Waals surface area contributed by atoms with Crippen LogP contribution in [0.3, 0.4) is 0 Å². The molecule has 0 saturated carbocycles. The van der Waals surface area contributed by atoms with Crippen molar-refractivity contribution in [1.82, 2.24) is 5.32 Å². The Morgan fingerprint density at radius 2 is 1.62 bits per heavy atom. The molecule has 0 unspecified atom stereocenters. The van der Waals surface area contributed by atoms with Crippen molar-refractivity contribution in [1.29, 1.82) is 0 Å². The van der Waals surface area contributed by atoms with Crippen molar-refractivity contribution in [3.8, 4) is 11.5 Å². The summed E-state index contributed by atoms with van der Waals surface area (Å²) in [6.45, 7) is 11.2. The summed E-state index contributed by atoms with van der Waals surface area (Å²) >= 11 is 0. The number of nitrogens with one attached hydrogen (secondary N) is 1. The molecule has 3 nitrogen and oxygen atoms in total. The van der Waals surface area contributed by atoms with Crippen molar-refractivity contribution in [2.24, 2.45) is 0 Å². The minimum Gasteiger partial charge on any atom is -0.494 e. The first-order chi connectivity index (χ1) is 10.0. The predicted octanol–water partition coefficient (Wildman–Crippen LogP) is 4.41. The topological polar surface area (TPSA) is 30.5 Å². The molecule has 0 aliphatic heterocycles. The molecule has 1 aromatic carbocycles. The molecule has 0 heterocycles. The third-order valence-corrected chi connectivity index (χ3v) is 3.11. The van der Waals surface area contributed by atoms with E-state index in [9.17, 15) is 0 Å². The average molecular weight is 293 g/mol. The van der Waals surface area contributed by atoms with Crippen molar-refractivity contribution in [2.45, 2.75) is 58.9 Å². The summed E-state index contributed by atoms with van der Waals surface area (Å²) in [7, 11) is 0. The first-order valence-electron chi connectivity index (χ1n) is 8.12. The largest absolute Gasteiger partial charge is 0.494 e. The second-order valence-electron chi connectivity index (χ2n) is 6.35. The van der Waals surface area contributed by atoms with Gasteiger partial charge in [-0.25, -0.2) is 0 Å². The zero-order valence-electron chi connectivity index (χ0n) is 14.1. The highest BCUT2D eigenvalue weighted by Crippen LogP contribution is 2.19. The Hall–Kier alpha value is -1.22. The van der Waals surface area contributed by atoms with Gasteiger partial charge in [-0.1, -0.05) is 18.9 Å². The Bertz CT molecular complexity index is 385. The van der Waals surface area contributed by atoms with Crippen LogP contribution >= 0.6 is 0 Å². The lowest BCUT2D eigenvalue weighted by Crippen LogP contribution is -2.36. The van der Waals surface area contributed by atoms with Gasteiger partial charge < -0.3 is 14.8 Å². The van der Waals surface area contributed by atoms with Crippen LogP contribution < -0.4 is 14.8 Å². The first kappa shape index (κ1) is 17.8. The quantitative estimate of drug-likeness (QED) is 0.648. The van der Waals surface area contributed by atoms with Gasteiger partial charge in [0, 0.05) is 11.6 Å². The van der Waals surface area contributed by atoms with Crippen molar-refractivity contribution >= 4 is 0 Å². The summed E-state index contributed by atoms with van der Waals surface area (Å²) in [6.07, 6.45) is 4.81. The molecule has 21 heavy (non-hydrogen) atoms. The zero-order valence-corrected chi connectivity index (χ0v) is 14.1. The molecule has 1 aromatic rings. The molecule has 1 rings (SSSR count). The van der Waals surface area contributed by atoms with Crippen LogP contribution in [0, 0.1) is 0 Å². The third-order valence-electron chi connectivity index (χ3n) is 3.11. The Labute approximate surface area is 130 Å². The third kappa shape index (κ3) is 9.35. The maximum Gasteiger partial charge on any atom is 0.122 e. The van der Waals surface area contributed by atoms with E-state index >= 15 is 0 Å². The molecule has 0 aromatic heterocycles. The van der Waals surface area contributed by atoms with E-state index < -0.39 is 0 Å². The van der Waals surface area contributed by atoms with Crippen LogP contribution in [0.5, 0.6) is 11.5 Å². The van der Waals surface area contributed by atoms with Gasteiger partial charge in [-0.05, 0) is 59.2 Å². The fraction of sp³-hybridized carbons (Fsp3) is 0.667. The van der Waals surface area contributed by atoms with Gasteiger partial charge in [0.15, 0.2) is 0 Å². The molecule has 0 bridgehead atoms. The maximum absolute atomic E-state index is 5.76. The van der Waals surface area contributed by atoms with Gasteiger partial charge >= 0.3 is 0 Å². The Morgan fingerprint density at radius 3 is 2.29 bits per heavy atom. The predicted molar refractivity (Wildman–Crippen MR) is 89.3 cm³/mol. The van der Waals surface area contributed by atoms with Crippen LogP contribution in [0.4, 0.5) is 0 Å². The van der Waals surface area contributed by atoms with Gasteiger partial charge in [-0.15, -0.1) is 0 Å². The van der Waals surface area contributed by atoms with E-state index in [1.807, 2.05) is 31.2 Å². The first-order valence-corrected chi connectivity index (χ1v) is 8.12. The van der Waals surface area contributed by atoms with E-state index in [1.54, 1.807) is 0 Å². The monoisotopic (exact) mass is 293 g/mol. The second-order valence-corrected chi connectivity index (χ2v) is 6.35. The van der Waals surface area contributed by atoms with E-state index in [2.05, 4.69) is 26.1 Å². The number of unbranched alkanes of at least 4 members (excludes halogenated alkanes) is 3. The Balaban J connectivity index is 2.05. The molecule has 1 N–H and O–H groups in total. The molecular formula is C18H31NO2. The average Bonchev–Trinajstić information content (AvgIpc) is 2.41. The van der Waals surface area contributed by atoms with Crippen LogP contribution in [0.25, 0.3) is 0 Å². The van der Waals surface area contributed by atoms with Crippen molar-refractivity contribution in [3.05, 3.63) is 24.3 Å². The van der Waals surface area contributed by atoms with Crippen molar-refractivity contribution in [3.63, 3.8) is 0 Å². The molecule has 0 spiro atoms. The molecule has 3 heteroatoms. The lowest BCUT2D eigenvalue weighted by Gasteiger charge is -2.20. The van der Waals surface area contributed by atoms with E-state index in [-0.39, 0.29) is 5.54 Å². The zero-order chi connectivity index (χ0) is 15.6. The molecule has 0 aliphatic rings. The van der Waals surface area contributed by atoms with Crippen molar-refractivity contribution in [2.75, 3.05) is 19.8 Å². The fourth-order valence-electron chi connectivity index (χ4n) is 2.05. The number of hydrogen-bond acceptors (Lipinski definition) is 3. The summed E-state index contributed by atoms with van der Waals surface area (Å²) in [5.41, 5.74) is 0.231. The summed E-state index contributed by atoms with van der Waals surface area (Å²) < 4.78 is 11.2. The second kappa shape index (κ2) is 9.67. The van der Waals surface area contributed by atoms with Crippen LogP contribution in [-0.2, 0) is 0 Å². The maximum atomic E-state index is 5.76. The molecular weight excluding hydrogens is 262 g/mol. The summed E-state index contributed by atoms with van der Waals surface area (Å²) in [6, 6.07) is 7.86. The summed E-state index contributed by atoms with van der Waals surface area (Å²) in [5, 5.41) is 3.51. The van der Waals surface area contributed by atoms with Crippen molar-refractivity contribution < 1.29 is 9.47 Å². The molecule has 0 saturated heterocycles. The molecule has 0 radical (unpaired) electrons. The van der Waals surface area contributed by atoms with Crippen LogP contribution in [0.1, 0.15) is 53.4 Å². The van der Waals surface area contributed by atoms with Gasteiger partial charge in [0.05, 0.1) is 13.2 Å². The molecule has 0 aliphatic carbocycles. The summed E-state index contributed by atoms with van der Waals surface area (Å²) in [5.74, 6) is 1.78. The minimum atomic E-state index is 0.231. The van der Waals surface area contributed by atoms with E-state index in [0.29, 0.717) is 6.61 Å². The summed E-state index contributed by atoms with van der Waals surface area (Å²) in [4.78, 5) is 0. The Morgan fingerprint density at radius 1 is 0.952 bits per heavy atom. The van der Waals surface area contributed by atoms with Gasteiger partial charge in [-0.3, -0.25) is 0 Å². The lowest BCUT2D eigenvalue weighted by molar-refractivity contribution is 0.298. The van der Waals surface area contributed by atoms with Gasteiger partial charge in [0.2, 0.25) is 0 Å². The lowest BCUT2D eigenvalue weighted by atomic mass is 10.1. The Kier molecular flexibility index (Phi) is 8.21. The minimum absolute atomic E-state index is 0.231. The van der Waals surface area contributed by atoms with Crippen LogP contribution in [0.15, 0.2) is 24.3 Å². The number of ether oxygens (including phenoxy) is 2. The SMILES string of the molecule is CCOc1cccc(OCCCCCCNC(C)(C)C)c1. The number of rotatable bonds is 10. The number of benzene rings is 1. The molecule has 0 fully saturated rings. The highest BCUT2D eigenvalue weighted by molar-refractivity contribution is 5.32. The van der Waals surface area contributed by atoms with Gasteiger partial charge in [-0.2, -0.15) is 0 Å². The number of hydrogen-bond donors (Lipinski definition) is 1.